The summed E-state index contributed by atoms with van der Waals surface area (Å²) in [5.41, 5.74) is 0.658. The number of nitrogens with one attached hydrogen (secondary N) is 1. The first kappa shape index (κ1) is 21.7. The van der Waals surface area contributed by atoms with Gasteiger partial charge in [-0.2, -0.15) is 0 Å². The van der Waals surface area contributed by atoms with Crippen molar-refractivity contribution in [1.82, 2.24) is 5.32 Å². The standard InChI is InChI=1S/C19H21N3O7/c1-10-15(18(24)25)17(13-5-4-6-14(9-13)22(27)28)16(11(2)21-10)19(26)29-8-7-20-12(3)23/h4-6,9,15,17H,7-8H2,1-3H3,(H,20,23)(H,24,25)/t15?,17-/m0/s1. The molecule has 29 heavy (non-hydrogen) atoms. The number of carboxylic acid groups (broad SMARTS) is 1. The first-order valence-corrected chi connectivity index (χ1v) is 8.78. The number of hydrogen-bond acceptors (Lipinski definition) is 7. The number of nitro groups is 1. The molecule has 0 aliphatic carbocycles. The van der Waals surface area contributed by atoms with Gasteiger partial charge in [0.2, 0.25) is 5.91 Å². The first-order valence-electron chi connectivity index (χ1n) is 8.78. The van der Waals surface area contributed by atoms with Crippen LogP contribution in [-0.2, 0) is 19.1 Å². The fourth-order valence-electron chi connectivity index (χ4n) is 3.26. The average molecular weight is 403 g/mol. The lowest BCUT2D eigenvalue weighted by Gasteiger charge is -2.30. The van der Waals surface area contributed by atoms with Gasteiger partial charge in [0.1, 0.15) is 12.5 Å². The summed E-state index contributed by atoms with van der Waals surface area (Å²) in [5, 5.41) is 23.4. The maximum atomic E-state index is 12.7. The van der Waals surface area contributed by atoms with Gasteiger partial charge in [0.15, 0.2) is 0 Å². The number of nitrogens with zero attached hydrogens (tertiary/aromatic N) is 2. The zero-order valence-corrected chi connectivity index (χ0v) is 16.2. The van der Waals surface area contributed by atoms with Crippen molar-refractivity contribution < 1.29 is 29.2 Å². The number of carboxylic acids is 1. The fraction of sp³-hybridized carbons (Fsp3) is 0.368. The van der Waals surface area contributed by atoms with Gasteiger partial charge in [-0.05, 0) is 19.4 Å². The summed E-state index contributed by atoms with van der Waals surface area (Å²) in [6.07, 6.45) is 0. The molecule has 10 nitrogen and oxygen atoms in total. The Hall–Kier alpha value is -3.56. The minimum Gasteiger partial charge on any atom is -0.481 e. The van der Waals surface area contributed by atoms with Crippen LogP contribution in [0, 0.1) is 16.0 Å². The maximum absolute atomic E-state index is 12.7. The first-order chi connectivity index (χ1) is 13.6. The second-order valence-corrected chi connectivity index (χ2v) is 6.52. The lowest BCUT2D eigenvalue weighted by molar-refractivity contribution is -0.384. The number of aliphatic imine (C=N–C) groups is 1. The van der Waals surface area contributed by atoms with Crippen molar-refractivity contribution in [2.24, 2.45) is 10.9 Å². The van der Waals surface area contributed by atoms with Crippen molar-refractivity contribution in [3.8, 4) is 0 Å². The number of ether oxygens (including phenoxy) is 1. The van der Waals surface area contributed by atoms with E-state index < -0.39 is 28.7 Å². The van der Waals surface area contributed by atoms with Gasteiger partial charge in [-0.1, -0.05) is 12.1 Å². The van der Waals surface area contributed by atoms with E-state index in [1.54, 1.807) is 6.92 Å². The van der Waals surface area contributed by atoms with Crippen molar-refractivity contribution in [2.75, 3.05) is 13.2 Å². The third-order valence-corrected chi connectivity index (χ3v) is 4.46. The number of rotatable bonds is 7. The fourth-order valence-corrected chi connectivity index (χ4v) is 3.26. The van der Waals surface area contributed by atoms with Gasteiger partial charge in [0.25, 0.3) is 5.69 Å². The molecule has 2 rings (SSSR count). The molecule has 1 aliphatic rings. The molecule has 2 N–H and O–H groups in total. The topological polar surface area (TPSA) is 148 Å². The highest BCUT2D eigenvalue weighted by Crippen LogP contribution is 2.40. The molecule has 154 valence electrons. The zero-order valence-electron chi connectivity index (χ0n) is 16.2. The molecule has 0 spiro atoms. The molecule has 0 radical (unpaired) electrons. The van der Waals surface area contributed by atoms with E-state index in [1.807, 2.05) is 0 Å². The Balaban J connectivity index is 2.46. The lowest BCUT2D eigenvalue weighted by atomic mass is 9.75. The Labute approximate surface area is 166 Å². The monoisotopic (exact) mass is 403 g/mol. The molecular weight excluding hydrogens is 382 g/mol. The Bertz CT molecular complexity index is 920. The van der Waals surface area contributed by atoms with E-state index in [9.17, 15) is 29.6 Å². The zero-order chi connectivity index (χ0) is 21.7. The smallest absolute Gasteiger partial charge is 0.336 e. The van der Waals surface area contributed by atoms with Crippen LogP contribution in [0.1, 0.15) is 32.3 Å². The number of esters is 1. The second-order valence-electron chi connectivity index (χ2n) is 6.52. The predicted octanol–water partition coefficient (Wildman–Crippen LogP) is 1.81. The highest BCUT2D eigenvalue weighted by Gasteiger charge is 2.42. The molecule has 1 aromatic carbocycles. The molecule has 0 bridgehead atoms. The average Bonchev–Trinajstić information content (AvgIpc) is 2.64. The van der Waals surface area contributed by atoms with E-state index in [-0.39, 0.29) is 41.7 Å². The van der Waals surface area contributed by atoms with E-state index >= 15 is 0 Å². The van der Waals surface area contributed by atoms with Crippen LogP contribution in [0.5, 0.6) is 0 Å². The molecular formula is C19H21N3O7. The van der Waals surface area contributed by atoms with Crippen LogP contribution in [0.2, 0.25) is 0 Å². The highest BCUT2D eigenvalue weighted by atomic mass is 16.6. The number of aliphatic carboxylic acids is 1. The third-order valence-electron chi connectivity index (χ3n) is 4.46. The molecule has 1 aliphatic heterocycles. The van der Waals surface area contributed by atoms with Crippen molar-refractivity contribution in [2.45, 2.75) is 26.7 Å². The summed E-state index contributed by atoms with van der Waals surface area (Å²) in [4.78, 5) is 50.4. The quantitative estimate of drug-likeness (QED) is 0.305. The number of non-ortho nitro benzene ring substituents is 1. The van der Waals surface area contributed by atoms with E-state index in [0.29, 0.717) is 5.56 Å². The van der Waals surface area contributed by atoms with E-state index in [2.05, 4.69) is 10.3 Å². The van der Waals surface area contributed by atoms with E-state index in [1.165, 1.54) is 38.1 Å². The van der Waals surface area contributed by atoms with Gasteiger partial charge in [0, 0.05) is 36.4 Å². The SMILES string of the molecule is CC(=O)NCCOC(=O)C1=C(C)N=C(C)C(C(=O)O)[C@@H]1c1cccc([N+](=O)[O-])c1. The largest absolute Gasteiger partial charge is 0.481 e. The molecule has 0 saturated heterocycles. The normalized spacial score (nSPS) is 18.7. The van der Waals surface area contributed by atoms with Crippen LogP contribution >= 0.6 is 0 Å². The van der Waals surface area contributed by atoms with Gasteiger partial charge in [-0.15, -0.1) is 0 Å². The van der Waals surface area contributed by atoms with Crippen LogP contribution < -0.4 is 5.32 Å². The summed E-state index contributed by atoms with van der Waals surface area (Å²) < 4.78 is 5.19. The number of hydrogen-bond donors (Lipinski definition) is 2. The van der Waals surface area contributed by atoms with E-state index in [4.69, 9.17) is 4.74 Å². The number of allylic oxidation sites excluding steroid dienone is 1. The van der Waals surface area contributed by atoms with Crippen LogP contribution in [0.3, 0.4) is 0 Å². The summed E-state index contributed by atoms with van der Waals surface area (Å²) in [7, 11) is 0. The number of amides is 1. The van der Waals surface area contributed by atoms with Crippen LogP contribution in [0.4, 0.5) is 5.69 Å². The van der Waals surface area contributed by atoms with Gasteiger partial charge >= 0.3 is 11.9 Å². The number of benzene rings is 1. The van der Waals surface area contributed by atoms with Crippen LogP contribution in [0.15, 0.2) is 40.5 Å². The summed E-state index contributed by atoms with van der Waals surface area (Å²) in [6, 6.07) is 5.49. The summed E-state index contributed by atoms with van der Waals surface area (Å²) in [6.45, 7) is 4.39. The van der Waals surface area contributed by atoms with Crippen LogP contribution in [-0.4, -0.2) is 46.7 Å². The molecule has 10 heteroatoms. The Morgan fingerprint density at radius 3 is 2.59 bits per heavy atom. The van der Waals surface area contributed by atoms with E-state index in [0.717, 1.165) is 0 Å². The van der Waals surface area contributed by atoms with Gasteiger partial charge < -0.3 is 15.2 Å². The molecule has 1 unspecified atom stereocenters. The predicted molar refractivity (Wildman–Crippen MR) is 102 cm³/mol. The molecule has 1 aromatic rings. The van der Waals surface area contributed by atoms with Gasteiger partial charge in [0.05, 0.1) is 17.0 Å². The number of nitro benzene ring substituents is 1. The lowest BCUT2D eigenvalue weighted by Crippen LogP contribution is -2.36. The summed E-state index contributed by atoms with van der Waals surface area (Å²) >= 11 is 0. The minimum absolute atomic E-state index is 0.0197. The molecule has 1 amide bonds. The molecule has 1 heterocycles. The van der Waals surface area contributed by atoms with Crippen LogP contribution in [0.25, 0.3) is 0 Å². The summed E-state index contributed by atoms with van der Waals surface area (Å²) in [5.74, 6) is -4.46. The molecule has 0 aromatic heterocycles. The minimum atomic E-state index is -1.21. The Morgan fingerprint density at radius 1 is 1.31 bits per heavy atom. The second kappa shape index (κ2) is 9.09. The molecule has 2 atom stereocenters. The highest BCUT2D eigenvalue weighted by molar-refractivity contribution is 6.06. The number of carbonyl (C=O) groups excluding carboxylic acids is 2. The van der Waals surface area contributed by atoms with Gasteiger partial charge in [-0.3, -0.25) is 24.7 Å². The Morgan fingerprint density at radius 2 is 2.00 bits per heavy atom. The number of carbonyl (C=O) groups is 3. The molecule has 0 saturated carbocycles. The van der Waals surface area contributed by atoms with Crippen molar-refractivity contribution in [1.29, 1.82) is 0 Å². The third kappa shape index (κ3) is 5.03. The Kier molecular flexibility index (Phi) is 6.81. The van der Waals surface area contributed by atoms with Gasteiger partial charge in [-0.25, -0.2) is 4.79 Å². The van der Waals surface area contributed by atoms with Crippen molar-refractivity contribution in [3.63, 3.8) is 0 Å². The maximum Gasteiger partial charge on any atom is 0.336 e. The molecule has 0 fully saturated rings. The van der Waals surface area contributed by atoms with Crippen molar-refractivity contribution in [3.05, 3.63) is 51.2 Å². The van der Waals surface area contributed by atoms with Crippen molar-refractivity contribution >= 4 is 29.2 Å².